The number of rotatable bonds is 8. The third kappa shape index (κ3) is 6.82. The first-order valence-electron chi connectivity index (χ1n) is 23.4. The van der Waals surface area contributed by atoms with Crippen molar-refractivity contribution in [2.75, 3.05) is 4.90 Å². The molecule has 0 aliphatic carbocycles. The zero-order valence-corrected chi connectivity index (χ0v) is 37.3. The van der Waals surface area contributed by atoms with Crippen molar-refractivity contribution in [3.05, 3.63) is 267 Å². The van der Waals surface area contributed by atoms with E-state index in [4.69, 9.17) is 0 Å². The van der Waals surface area contributed by atoms with Crippen molar-refractivity contribution in [3.63, 3.8) is 0 Å². The number of nitrogens with zero attached hydrogens (tertiary/aromatic N) is 2. The van der Waals surface area contributed by atoms with Crippen LogP contribution in [0.3, 0.4) is 0 Å². The molecule has 0 aliphatic rings. The summed E-state index contributed by atoms with van der Waals surface area (Å²) in [5.74, 6) is 0. The SMILES string of the molecule is c1cc(-c2ccc(N(c3ccc(-c4ccc(-c5cccc6ccccc56)cc4)cc3)c3ccc(-n4c5ccccc5c5ccccc54)cc3)cc2)cc(-c2cc3ccccc3c3ccccc23)c1. The lowest BCUT2D eigenvalue weighted by molar-refractivity contribution is 1.17. The van der Waals surface area contributed by atoms with Gasteiger partial charge in [-0.25, -0.2) is 0 Å². The van der Waals surface area contributed by atoms with Crippen molar-refractivity contribution < 1.29 is 0 Å². The molecule has 2 heteroatoms. The molecule has 13 aromatic rings. The third-order valence-electron chi connectivity index (χ3n) is 13.8. The second kappa shape index (κ2) is 16.5. The average molecular weight is 865 g/mol. The second-order valence-electron chi connectivity index (χ2n) is 17.7. The number of hydrogen-bond acceptors (Lipinski definition) is 1. The number of benzene rings is 12. The van der Waals surface area contributed by atoms with Crippen LogP contribution in [0, 0.1) is 0 Å². The molecule has 1 heterocycles. The number of aromatic nitrogens is 1. The Morgan fingerprint density at radius 2 is 0.676 bits per heavy atom. The fraction of sp³-hybridized carbons (Fsp3) is 0. The van der Waals surface area contributed by atoms with Gasteiger partial charge in [-0.3, -0.25) is 0 Å². The molecule has 0 atom stereocenters. The molecule has 13 rings (SSSR count). The summed E-state index contributed by atoms with van der Waals surface area (Å²) in [6, 6.07) is 97.4. The van der Waals surface area contributed by atoms with Crippen molar-refractivity contribution in [1.29, 1.82) is 0 Å². The number of fused-ring (bicyclic) bond motifs is 7. The minimum absolute atomic E-state index is 1.08. The summed E-state index contributed by atoms with van der Waals surface area (Å²) in [4.78, 5) is 2.37. The smallest absolute Gasteiger partial charge is 0.0541 e. The van der Waals surface area contributed by atoms with Crippen LogP contribution in [0.15, 0.2) is 267 Å². The van der Waals surface area contributed by atoms with E-state index in [0.717, 1.165) is 22.7 Å². The van der Waals surface area contributed by atoms with Crippen LogP contribution in [0.5, 0.6) is 0 Å². The molecular formula is C66H44N2. The standard InChI is InChI=1S/C66H44N2/c1-3-18-57-48(13-1)15-12-24-58(57)49-29-27-45(28-30-49)46-31-35-53(36-32-46)67(55-39-41-56(42-40-55)68-65-25-9-7-22-62(65)63-23-8-10-26-66(63)68)54-37-33-47(34-38-54)50-16-11-17-51(43-50)64-44-52-14-2-4-19-59(52)60-20-5-6-21-61(60)64/h1-44H. The lowest BCUT2D eigenvalue weighted by atomic mass is 9.92. The van der Waals surface area contributed by atoms with E-state index in [1.54, 1.807) is 0 Å². The molecule has 0 bridgehead atoms. The van der Waals surface area contributed by atoms with Gasteiger partial charge in [0.25, 0.3) is 0 Å². The molecule has 2 nitrogen and oxygen atoms in total. The van der Waals surface area contributed by atoms with Crippen LogP contribution in [-0.2, 0) is 0 Å². The molecule has 0 amide bonds. The van der Waals surface area contributed by atoms with Crippen LogP contribution >= 0.6 is 0 Å². The Hall–Kier alpha value is -8.98. The highest BCUT2D eigenvalue weighted by Crippen LogP contribution is 2.41. The molecule has 12 aromatic carbocycles. The monoisotopic (exact) mass is 864 g/mol. The summed E-state index contributed by atoms with van der Waals surface area (Å²) in [6.07, 6.45) is 0. The Bertz CT molecular complexity index is 3930. The minimum atomic E-state index is 1.08. The Labute approximate surface area is 395 Å². The number of anilines is 3. The van der Waals surface area contributed by atoms with Crippen LogP contribution in [0.4, 0.5) is 17.1 Å². The van der Waals surface area contributed by atoms with E-state index >= 15 is 0 Å². The van der Waals surface area contributed by atoms with Crippen molar-refractivity contribution in [2.24, 2.45) is 0 Å². The fourth-order valence-corrected chi connectivity index (χ4v) is 10.5. The lowest BCUT2D eigenvalue weighted by Crippen LogP contribution is -2.10. The van der Waals surface area contributed by atoms with E-state index in [2.05, 4.69) is 276 Å². The van der Waals surface area contributed by atoms with Crippen molar-refractivity contribution in [2.45, 2.75) is 0 Å². The van der Waals surface area contributed by atoms with Gasteiger partial charge in [0.15, 0.2) is 0 Å². The summed E-state index contributed by atoms with van der Waals surface area (Å²) < 4.78 is 2.38. The van der Waals surface area contributed by atoms with Gasteiger partial charge in [0.1, 0.15) is 0 Å². The molecule has 0 N–H and O–H groups in total. The summed E-state index contributed by atoms with van der Waals surface area (Å²) in [5, 5.41) is 10.1. The molecule has 318 valence electrons. The molecule has 1 aromatic heterocycles. The van der Waals surface area contributed by atoms with Crippen LogP contribution < -0.4 is 4.90 Å². The second-order valence-corrected chi connectivity index (χ2v) is 17.7. The van der Waals surface area contributed by atoms with Crippen LogP contribution in [0.1, 0.15) is 0 Å². The maximum Gasteiger partial charge on any atom is 0.0541 e. The van der Waals surface area contributed by atoms with Gasteiger partial charge in [-0.15, -0.1) is 0 Å². The van der Waals surface area contributed by atoms with Gasteiger partial charge in [-0.05, 0) is 150 Å². The van der Waals surface area contributed by atoms with Crippen LogP contribution in [-0.4, -0.2) is 4.57 Å². The minimum Gasteiger partial charge on any atom is -0.311 e. The Balaban J connectivity index is 0.866. The fourth-order valence-electron chi connectivity index (χ4n) is 10.5. The zero-order chi connectivity index (χ0) is 45.0. The molecule has 0 unspecified atom stereocenters. The molecule has 68 heavy (non-hydrogen) atoms. The van der Waals surface area contributed by atoms with E-state index in [-0.39, 0.29) is 0 Å². The first-order valence-corrected chi connectivity index (χ1v) is 23.4. The van der Waals surface area contributed by atoms with E-state index in [1.165, 1.54) is 98.6 Å². The topological polar surface area (TPSA) is 8.17 Å². The first kappa shape index (κ1) is 39.4. The van der Waals surface area contributed by atoms with Crippen LogP contribution in [0.2, 0.25) is 0 Å². The normalized spacial score (nSPS) is 11.5. The largest absolute Gasteiger partial charge is 0.311 e. The van der Waals surface area contributed by atoms with E-state index in [0.29, 0.717) is 0 Å². The van der Waals surface area contributed by atoms with Gasteiger partial charge in [0.05, 0.1) is 11.0 Å². The molecule has 0 radical (unpaired) electrons. The third-order valence-corrected chi connectivity index (χ3v) is 13.8. The lowest BCUT2D eigenvalue weighted by Gasteiger charge is -2.26. The maximum absolute atomic E-state index is 2.38. The summed E-state index contributed by atoms with van der Waals surface area (Å²) in [6.45, 7) is 0. The number of hydrogen-bond donors (Lipinski definition) is 0. The predicted octanol–water partition coefficient (Wildman–Crippen LogP) is 18.4. The molecule has 0 fully saturated rings. The Morgan fingerprint density at radius 3 is 1.32 bits per heavy atom. The Kier molecular flexibility index (Phi) is 9.54. The molecule has 0 saturated heterocycles. The first-order chi connectivity index (χ1) is 33.7. The van der Waals surface area contributed by atoms with Gasteiger partial charge < -0.3 is 9.47 Å². The zero-order valence-electron chi connectivity index (χ0n) is 37.3. The predicted molar refractivity (Wildman–Crippen MR) is 290 cm³/mol. The Morgan fingerprint density at radius 1 is 0.235 bits per heavy atom. The van der Waals surface area contributed by atoms with Gasteiger partial charge in [0.2, 0.25) is 0 Å². The summed E-state index contributed by atoms with van der Waals surface area (Å²) in [7, 11) is 0. The maximum atomic E-state index is 2.38. The van der Waals surface area contributed by atoms with Gasteiger partial charge in [-0.1, -0.05) is 194 Å². The van der Waals surface area contributed by atoms with Crippen molar-refractivity contribution in [3.8, 4) is 50.2 Å². The number of para-hydroxylation sites is 2. The van der Waals surface area contributed by atoms with Crippen LogP contribution in [0.25, 0.3) is 104 Å². The summed E-state index contributed by atoms with van der Waals surface area (Å²) >= 11 is 0. The highest BCUT2D eigenvalue weighted by atomic mass is 15.1. The van der Waals surface area contributed by atoms with Crippen molar-refractivity contribution >= 4 is 71.2 Å². The van der Waals surface area contributed by atoms with Gasteiger partial charge in [0, 0.05) is 33.5 Å². The molecular weight excluding hydrogens is 821 g/mol. The molecule has 0 saturated carbocycles. The highest BCUT2D eigenvalue weighted by Gasteiger charge is 2.17. The summed E-state index contributed by atoms with van der Waals surface area (Å²) in [5.41, 5.74) is 16.4. The highest BCUT2D eigenvalue weighted by molar-refractivity contribution is 6.14. The molecule has 0 spiro atoms. The van der Waals surface area contributed by atoms with E-state index < -0.39 is 0 Å². The van der Waals surface area contributed by atoms with E-state index in [1.807, 2.05) is 0 Å². The van der Waals surface area contributed by atoms with E-state index in [9.17, 15) is 0 Å². The van der Waals surface area contributed by atoms with Crippen molar-refractivity contribution in [1.82, 2.24) is 4.57 Å². The molecule has 0 aliphatic heterocycles. The van der Waals surface area contributed by atoms with Gasteiger partial charge in [-0.2, -0.15) is 0 Å². The van der Waals surface area contributed by atoms with Gasteiger partial charge >= 0.3 is 0 Å². The average Bonchev–Trinajstić information content (AvgIpc) is 3.76. The quantitative estimate of drug-likeness (QED) is 0.138.